The Balaban J connectivity index is 2.86. The van der Waals surface area contributed by atoms with E-state index in [4.69, 9.17) is 11.2 Å². The molecule has 0 saturated carbocycles. The van der Waals surface area contributed by atoms with Crippen LogP contribution in [0.1, 0.15) is 34.1 Å². The van der Waals surface area contributed by atoms with Gasteiger partial charge in [-0.05, 0) is 37.7 Å². The molecule has 1 aliphatic rings. The van der Waals surface area contributed by atoms with Crippen LogP contribution in [0.5, 0.6) is 0 Å². The molecule has 0 aromatic rings. The van der Waals surface area contributed by atoms with E-state index in [0.717, 1.165) is 0 Å². The van der Waals surface area contributed by atoms with Crippen LogP contribution in [0.3, 0.4) is 0 Å². The zero-order chi connectivity index (χ0) is 12.2. The first-order valence-electron chi connectivity index (χ1n) is 5.81. The summed E-state index contributed by atoms with van der Waals surface area (Å²) in [7, 11) is 0. The van der Waals surface area contributed by atoms with Crippen molar-refractivity contribution in [2.75, 3.05) is 18.1 Å². The molecule has 92 valence electrons. The standard InChI is InChI=1S/C13H22OS2/c1-6-8-14-12(4,11(2)3)13(5)15-9-7-10-16-13/h1,11H,7-10H2,2-5H3. The quantitative estimate of drug-likeness (QED) is 0.713. The smallest absolute Gasteiger partial charge is 0.108 e. The van der Waals surface area contributed by atoms with Crippen molar-refractivity contribution < 1.29 is 4.74 Å². The van der Waals surface area contributed by atoms with Crippen molar-refractivity contribution in [2.45, 2.75) is 43.8 Å². The highest BCUT2D eigenvalue weighted by molar-refractivity contribution is 8.18. The Labute approximate surface area is 108 Å². The maximum Gasteiger partial charge on any atom is 0.108 e. The molecule has 0 amide bonds. The maximum atomic E-state index is 6.00. The van der Waals surface area contributed by atoms with Gasteiger partial charge in [0.05, 0.1) is 9.68 Å². The van der Waals surface area contributed by atoms with Crippen LogP contribution in [0.4, 0.5) is 0 Å². The van der Waals surface area contributed by atoms with Gasteiger partial charge in [-0.2, -0.15) is 0 Å². The van der Waals surface area contributed by atoms with Gasteiger partial charge in [0.15, 0.2) is 0 Å². The minimum Gasteiger partial charge on any atom is -0.360 e. The highest BCUT2D eigenvalue weighted by Gasteiger charge is 2.49. The van der Waals surface area contributed by atoms with E-state index < -0.39 is 0 Å². The van der Waals surface area contributed by atoms with E-state index in [0.29, 0.717) is 12.5 Å². The van der Waals surface area contributed by atoms with Crippen molar-refractivity contribution in [2.24, 2.45) is 5.92 Å². The van der Waals surface area contributed by atoms with Crippen LogP contribution in [0.15, 0.2) is 0 Å². The Kier molecular flexibility index (Phi) is 5.10. The van der Waals surface area contributed by atoms with Gasteiger partial charge in [0.1, 0.15) is 6.61 Å². The fourth-order valence-electron chi connectivity index (χ4n) is 1.93. The first-order valence-corrected chi connectivity index (χ1v) is 7.79. The Morgan fingerprint density at radius 2 is 2.00 bits per heavy atom. The van der Waals surface area contributed by atoms with Gasteiger partial charge in [-0.3, -0.25) is 0 Å². The molecule has 0 aliphatic carbocycles. The third-order valence-corrected chi connectivity index (χ3v) is 7.11. The fourth-order valence-corrected chi connectivity index (χ4v) is 5.47. The predicted molar refractivity (Wildman–Crippen MR) is 76.0 cm³/mol. The molecule has 0 aromatic heterocycles. The van der Waals surface area contributed by atoms with Crippen molar-refractivity contribution in [1.82, 2.24) is 0 Å². The van der Waals surface area contributed by atoms with E-state index in [-0.39, 0.29) is 9.68 Å². The highest BCUT2D eigenvalue weighted by atomic mass is 32.2. The lowest BCUT2D eigenvalue weighted by Gasteiger charge is -2.49. The third kappa shape index (κ3) is 2.72. The highest BCUT2D eigenvalue weighted by Crippen LogP contribution is 2.53. The topological polar surface area (TPSA) is 9.23 Å². The summed E-state index contributed by atoms with van der Waals surface area (Å²) in [6.45, 7) is 9.36. The summed E-state index contributed by atoms with van der Waals surface area (Å²) >= 11 is 4.04. The molecule has 16 heavy (non-hydrogen) atoms. The predicted octanol–water partition coefficient (Wildman–Crippen LogP) is 3.64. The van der Waals surface area contributed by atoms with Crippen LogP contribution in [-0.4, -0.2) is 27.8 Å². The van der Waals surface area contributed by atoms with Gasteiger partial charge in [0, 0.05) is 0 Å². The van der Waals surface area contributed by atoms with Gasteiger partial charge in [-0.15, -0.1) is 29.9 Å². The Morgan fingerprint density at radius 1 is 1.44 bits per heavy atom. The molecule has 1 unspecified atom stereocenters. The maximum absolute atomic E-state index is 6.00. The normalized spacial score (nSPS) is 23.8. The SMILES string of the molecule is C#CCOC(C)(C(C)C)C1(C)SCCCS1. The minimum atomic E-state index is -0.158. The largest absolute Gasteiger partial charge is 0.360 e. The van der Waals surface area contributed by atoms with Gasteiger partial charge in [0.25, 0.3) is 0 Å². The van der Waals surface area contributed by atoms with Gasteiger partial charge < -0.3 is 4.74 Å². The van der Waals surface area contributed by atoms with E-state index in [9.17, 15) is 0 Å². The molecule has 0 N–H and O–H groups in total. The monoisotopic (exact) mass is 258 g/mol. The van der Waals surface area contributed by atoms with Crippen molar-refractivity contribution in [1.29, 1.82) is 0 Å². The van der Waals surface area contributed by atoms with E-state index in [2.05, 4.69) is 33.6 Å². The Hall–Kier alpha value is 0.220. The number of hydrogen-bond acceptors (Lipinski definition) is 3. The van der Waals surface area contributed by atoms with E-state index in [1.54, 1.807) is 0 Å². The lowest BCUT2D eigenvalue weighted by atomic mass is 9.88. The molecule has 0 radical (unpaired) electrons. The number of thioether (sulfide) groups is 2. The van der Waals surface area contributed by atoms with Gasteiger partial charge >= 0.3 is 0 Å². The zero-order valence-corrected chi connectivity index (χ0v) is 12.3. The Bertz CT molecular complexity index is 264. The van der Waals surface area contributed by atoms with Crippen LogP contribution >= 0.6 is 23.5 Å². The molecule has 1 fully saturated rings. The van der Waals surface area contributed by atoms with Gasteiger partial charge in [-0.1, -0.05) is 19.8 Å². The van der Waals surface area contributed by atoms with Crippen molar-refractivity contribution in [3.63, 3.8) is 0 Å². The van der Waals surface area contributed by atoms with E-state index in [1.165, 1.54) is 17.9 Å². The summed E-state index contributed by atoms with van der Waals surface area (Å²) in [6, 6.07) is 0. The lowest BCUT2D eigenvalue weighted by Crippen LogP contribution is -2.52. The summed E-state index contributed by atoms with van der Waals surface area (Å²) in [5, 5.41) is 0. The molecule has 1 atom stereocenters. The summed E-state index contributed by atoms with van der Waals surface area (Å²) in [5.41, 5.74) is -0.158. The number of hydrogen-bond donors (Lipinski definition) is 0. The van der Waals surface area contributed by atoms with Gasteiger partial charge in [0.2, 0.25) is 0 Å². The molecule has 0 aromatic carbocycles. The van der Waals surface area contributed by atoms with E-state index >= 15 is 0 Å². The van der Waals surface area contributed by atoms with Crippen LogP contribution in [-0.2, 0) is 4.74 Å². The molecule has 1 rings (SSSR count). The molecule has 1 saturated heterocycles. The van der Waals surface area contributed by atoms with Crippen LogP contribution in [0.25, 0.3) is 0 Å². The summed E-state index contributed by atoms with van der Waals surface area (Å²) < 4.78 is 6.13. The van der Waals surface area contributed by atoms with Crippen LogP contribution in [0, 0.1) is 18.3 Å². The third-order valence-electron chi connectivity index (χ3n) is 3.50. The molecule has 3 heteroatoms. The molecular weight excluding hydrogens is 236 g/mol. The molecule has 1 nitrogen and oxygen atoms in total. The first kappa shape index (κ1) is 14.3. The molecular formula is C13H22OS2. The average molecular weight is 258 g/mol. The second-order valence-electron chi connectivity index (χ2n) is 4.75. The van der Waals surface area contributed by atoms with Crippen LogP contribution in [0.2, 0.25) is 0 Å². The fraction of sp³-hybridized carbons (Fsp3) is 0.846. The van der Waals surface area contributed by atoms with Gasteiger partial charge in [-0.25, -0.2) is 0 Å². The van der Waals surface area contributed by atoms with Crippen LogP contribution < -0.4 is 0 Å². The summed E-state index contributed by atoms with van der Waals surface area (Å²) in [4.78, 5) is 0. The average Bonchev–Trinajstić information content (AvgIpc) is 2.26. The van der Waals surface area contributed by atoms with Crippen molar-refractivity contribution in [3.05, 3.63) is 0 Å². The summed E-state index contributed by atoms with van der Waals surface area (Å²) in [6.07, 6.45) is 6.62. The Morgan fingerprint density at radius 3 is 2.44 bits per heavy atom. The molecule has 1 heterocycles. The molecule has 1 aliphatic heterocycles. The van der Waals surface area contributed by atoms with Crippen molar-refractivity contribution in [3.8, 4) is 12.3 Å². The number of rotatable bonds is 4. The number of terminal acetylenes is 1. The zero-order valence-electron chi connectivity index (χ0n) is 10.7. The summed E-state index contributed by atoms with van der Waals surface area (Å²) in [5.74, 6) is 5.51. The first-order chi connectivity index (χ1) is 7.46. The van der Waals surface area contributed by atoms with E-state index in [1.807, 2.05) is 23.5 Å². The second-order valence-corrected chi connectivity index (χ2v) is 8.04. The number of ether oxygens (including phenoxy) is 1. The second kappa shape index (κ2) is 5.71. The minimum absolute atomic E-state index is 0.121. The molecule has 0 bridgehead atoms. The molecule has 0 spiro atoms. The van der Waals surface area contributed by atoms with Crippen molar-refractivity contribution >= 4 is 23.5 Å². The lowest BCUT2D eigenvalue weighted by molar-refractivity contribution is -0.0542.